The number of ether oxygens (including phenoxy) is 1. The van der Waals surface area contributed by atoms with Crippen LogP contribution in [0.3, 0.4) is 0 Å². The molecule has 0 bridgehead atoms. The van der Waals surface area contributed by atoms with Crippen molar-refractivity contribution in [3.05, 3.63) is 66.2 Å². The Morgan fingerprint density at radius 2 is 1.76 bits per heavy atom. The lowest BCUT2D eigenvalue weighted by molar-refractivity contribution is 0.0876. The van der Waals surface area contributed by atoms with Crippen molar-refractivity contribution in [1.29, 1.82) is 0 Å². The zero-order valence-corrected chi connectivity index (χ0v) is 15.7. The van der Waals surface area contributed by atoms with Gasteiger partial charge >= 0.3 is 6.09 Å². The van der Waals surface area contributed by atoms with Gasteiger partial charge in [-0.05, 0) is 44.4 Å². The molecule has 132 valence electrons. The van der Waals surface area contributed by atoms with Gasteiger partial charge < -0.3 is 9.64 Å². The molecule has 1 fully saturated rings. The minimum atomic E-state index is -0.201. The predicted molar refractivity (Wildman–Crippen MR) is 103 cm³/mol. The lowest BCUT2D eigenvalue weighted by Crippen LogP contribution is -2.46. The number of rotatable bonds is 5. The van der Waals surface area contributed by atoms with E-state index in [2.05, 4.69) is 38.1 Å². The van der Waals surface area contributed by atoms with Crippen molar-refractivity contribution in [2.24, 2.45) is 0 Å². The van der Waals surface area contributed by atoms with Gasteiger partial charge in [-0.25, -0.2) is 4.79 Å². The smallest absolute Gasteiger partial charge is 0.410 e. The molecule has 0 saturated carbocycles. The summed E-state index contributed by atoms with van der Waals surface area (Å²) in [6.07, 6.45) is 1.85. The maximum atomic E-state index is 12.6. The summed E-state index contributed by atoms with van der Waals surface area (Å²) in [5.74, 6) is 0. The van der Waals surface area contributed by atoms with E-state index in [9.17, 15) is 4.79 Å². The third-order valence-electron chi connectivity index (χ3n) is 4.62. The number of hydrogen-bond acceptors (Lipinski definition) is 3. The molecule has 1 aliphatic heterocycles. The van der Waals surface area contributed by atoms with Gasteiger partial charge in [0.2, 0.25) is 0 Å². The molecule has 0 aliphatic carbocycles. The molecule has 1 amide bonds. The summed E-state index contributed by atoms with van der Waals surface area (Å²) in [4.78, 5) is 15.8. The summed E-state index contributed by atoms with van der Waals surface area (Å²) in [5, 5.41) is 0. The number of thioether (sulfide) groups is 1. The minimum Gasteiger partial charge on any atom is -0.445 e. The molecule has 1 unspecified atom stereocenters. The maximum Gasteiger partial charge on any atom is 0.410 e. The molecule has 0 aromatic heterocycles. The Labute approximate surface area is 154 Å². The van der Waals surface area contributed by atoms with Crippen LogP contribution in [-0.4, -0.2) is 28.3 Å². The van der Waals surface area contributed by atoms with Crippen LogP contribution in [0.5, 0.6) is 0 Å². The first kappa shape index (κ1) is 17.9. The molecule has 3 nitrogen and oxygen atoms in total. The molecule has 0 N–H and O–H groups in total. The molecule has 1 atom stereocenters. The van der Waals surface area contributed by atoms with E-state index in [0.717, 1.165) is 24.9 Å². The number of carbonyl (C=O) groups excluding carboxylic acids is 1. The molecular weight excluding hydrogens is 330 g/mol. The molecule has 2 aromatic carbocycles. The average Bonchev–Trinajstić information content (AvgIpc) is 3.12. The van der Waals surface area contributed by atoms with Crippen molar-refractivity contribution in [1.82, 2.24) is 4.90 Å². The van der Waals surface area contributed by atoms with Gasteiger partial charge in [0.1, 0.15) is 6.61 Å². The highest BCUT2D eigenvalue weighted by Gasteiger charge is 2.41. The lowest BCUT2D eigenvalue weighted by Gasteiger charge is -2.36. The third-order valence-corrected chi connectivity index (χ3v) is 5.93. The molecule has 1 heterocycles. The summed E-state index contributed by atoms with van der Waals surface area (Å²) < 4.78 is 5.50. The molecule has 1 aliphatic rings. The Kier molecular flexibility index (Phi) is 5.69. The van der Waals surface area contributed by atoms with Gasteiger partial charge in [-0.3, -0.25) is 0 Å². The van der Waals surface area contributed by atoms with Crippen LogP contribution in [0.25, 0.3) is 0 Å². The van der Waals surface area contributed by atoms with Crippen LogP contribution in [0, 0.1) is 0 Å². The second-order valence-electron chi connectivity index (χ2n) is 6.91. The highest BCUT2D eigenvalue weighted by molar-refractivity contribution is 8.00. The second kappa shape index (κ2) is 7.96. The Hall–Kier alpha value is -1.94. The van der Waals surface area contributed by atoms with Gasteiger partial charge in [-0.2, -0.15) is 0 Å². The van der Waals surface area contributed by atoms with Crippen molar-refractivity contribution in [3.63, 3.8) is 0 Å². The molecule has 3 rings (SSSR count). The Morgan fingerprint density at radius 1 is 1.12 bits per heavy atom. The fraction of sp³-hybridized carbons (Fsp3) is 0.381. The number of benzene rings is 2. The zero-order chi connectivity index (χ0) is 17.7. The fourth-order valence-electron chi connectivity index (χ4n) is 3.37. The summed E-state index contributed by atoms with van der Waals surface area (Å²) >= 11 is 1.83. The largest absolute Gasteiger partial charge is 0.445 e. The molecule has 1 saturated heterocycles. The Bertz CT molecular complexity index is 688. The van der Waals surface area contributed by atoms with E-state index < -0.39 is 0 Å². The maximum absolute atomic E-state index is 12.6. The minimum absolute atomic E-state index is 0.0659. The first-order chi connectivity index (χ1) is 12.1. The highest BCUT2D eigenvalue weighted by atomic mass is 32.2. The molecule has 25 heavy (non-hydrogen) atoms. The Balaban J connectivity index is 1.63. The van der Waals surface area contributed by atoms with E-state index in [0.29, 0.717) is 6.61 Å². The summed E-state index contributed by atoms with van der Waals surface area (Å²) in [7, 11) is 0. The van der Waals surface area contributed by atoms with Crippen LogP contribution < -0.4 is 0 Å². The van der Waals surface area contributed by atoms with E-state index in [1.165, 1.54) is 4.90 Å². The SMILES string of the molecule is CC(C)(Sc1ccccc1)C1CCCN1C(=O)OCc1ccccc1. The van der Waals surface area contributed by atoms with E-state index in [1.807, 2.05) is 53.1 Å². The lowest BCUT2D eigenvalue weighted by atomic mass is 10.0. The second-order valence-corrected chi connectivity index (χ2v) is 8.64. The number of carbonyl (C=O) groups is 1. The standard InChI is InChI=1S/C21H25NO2S/c1-21(2,25-18-12-7-4-8-13-18)19-14-9-15-22(19)20(23)24-16-17-10-5-3-6-11-17/h3-8,10-13,19H,9,14-16H2,1-2H3. The first-order valence-corrected chi connectivity index (χ1v) is 9.59. The van der Waals surface area contributed by atoms with Crippen molar-refractivity contribution in [2.45, 2.75) is 49.0 Å². The van der Waals surface area contributed by atoms with Crippen LogP contribution in [-0.2, 0) is 11.3 Å². The normalized spacial score (nSPS) is 17.5. The van der Waals surface area contributed by atoms with E-state index in [4.69, 9.17) is 4.74 Å². The van der Waals surface area contributed by atoms with Crippen molar-refractivity contribution >= 4 is 17.9 Å². The number of hydrogen-bond donors (Lipinski definition) is 0. The van der Waals surface area contributed by atoms with Gasteiger partial charge in [-0.15, -0.1) is 11.8 Å². The first-order valence-electron chi connectivity index (χ1n) is 8.78. The third kappa shape index (κ3) is 4.57. The number of likely N-dealkylation sites (tertiary alicyclic amines) is 1. The quantitative estimate of drug-likeness (QED) is 0.676. The molecule has 2 aromatic rings. The highest BCUT2D eigenvalue weighted by Crippen LogP contribution is 2.41. The number of nitrogens with zero attached hydrogens (tertiary/aromatic N) is 1. The van der Waals surface area contributed by atoms with Crippen LogP contribution >= 0.6 is 11.8 Å². The molecule has 0 radical (unpaired) electrons. The van der Waals surface area contributed by atoms with Gasteiger partial charge in [0.05, 0.1) is 0 Å². The van der Waals surface area contributed by atoms with Crippen molar-refractivity contribution in [2.75, 3.05) is 6.54 Å². The molecule has 4 heteroatoms. The van der Waals surface area contributed by atoms with Crippen molar-refractivity contribution in [3.8, 4) is 0 Å². The van der Waals surface area contributed by atoms with Crippen molar-refractivity contribution < 1.29 is 9.53 Å². The zero-order valence-electron chi connectivity index (χ0n) is 14.9. The topological polar surface area (TPSA) is 29.5 Å². The van der Waals surface area contributed by atoms with E-state index in [-0.39, 0.29) is 16.9 Å². The summed E-state index contributed by atoms with van der Waals surface area (Å²) in [6.45, 7) is 5.54. The van der Waals surface area contributed by atoms with Gasteiger partial charge in [-0.1, -0.05) is 48.5 Å². The van der Waals surface area contributed by atoms with Gasteiger partial charge in [0, 0.05) is 22.2 Å². The Morgan fingerprint density at radius 3 is 2.44 bits per heavy atom. The van der Waals surface area contributed by atoms with Crippen LogP contribution in [0.15, 0.2) is 65.6 Å². The average molecular weight is 356 g/mol. The van der Waals surface area contributed by atoms with Crippen LogP contribution in [0.1, 0.15) is 32.3 Å². The van der Waals surface area contributed by atoms with Crippen LogP contribution in [0.2, 0.25) is 0 Å². The monoisotopic (exact) mass is 355 g/mol. The fourth-order valence-corrected chi connectivity index (χ4v) is 4.65. The van der Waals surface area contributed by atoms with Gasteiger partial charge in [0.25, 0.3) is 0 Å². The van der Waals surface area contributed by atoms with E-state index in [1.54, 1.807) is 0 Å². The molecule has 0 spiro atoms. The predicted octanol–water partition coefficient (Wildman–Crippen LogP) is 5.36. The number of amides is 1. The van der Waals surface area contributed by atoms with Gasteiger partial charge in [0.15, 0.2) is 0 Å². The molecular formula is C21H25NO2S. The summed E-state index contributed by atoms with van der Waals surface area (Å²) in [5.41, 5.74) is 1.02. The van der Waals surface area contributed by atoms with Crippen LogP contribution in [0.4, 0.5) is 4.79 Å². The van der Waals surface area contributed by atoms with E-state index >= 15 is 0 Å². The summed E-state index contributed by atoms with van der Waals surface area (Å²) in [6, 6.07) is 20.4.